The first kappa shape index (κ1) is 12.2. The molecule has 2 fully saturated rings. The summed E-state index contributed by atoms with van der Waals surface area (Å²) in [6.07, 6.45) is 10.9. The largest absolute Gasteiger partial charge is 0.331 e. The molecule has 3 rings (SSSR count). The third kappa shape index (κ3) is 2.09. The topological polar surface area (TPSA) is 29.9 Å². The fourth-order valence-corrected chi connectivity index (χ4v) is 3.79. The van der Waals surface area contributed by atoms with Gasteiger partial charge in [0.05, 0.1) is 6.33 Å². The SMILES string of the molecule is CC1(C)CCCCC1n1cncc1C1CCNC1. The fourth-order valence-electron chi connectivity index (χ4n) is 3.79. The zero-order valence-corrected chi connectivity index (χ0v) is 11.7. The van der Waals surface area contributed by atoms with Crippen LogP contribution in [0.15, 0.2) is 12.5 Å². The van der Waals surface area contributed by atoms with E-state index in [1.165, 1.54) is 37.8 Å². The van der Waals surface area contributed by atoms with Gasteiger partial charge in [0.1, 0.15) is 0 Å². The molecule has 3 nitrogen and oxygen atoms in total. The maximum atomic E-state index is 4.44. The Balaban J connectivity index is 1.89. The second-order valence-electron chi connectivity index (χ2n) is 6.67. The highest BCUT2D eigenvalue weighted by Crippen LogP contribution is 2.45. The van der Waals surface area contributed by atoms with Gasteiger partial charge >= 0.3 is 0 Å². The molecule has 0 spiro atoms. The van der Waals surface area contributed by atoms with Crippen molar-refractivity contribution in [3.63, 3.8) is 0 Å². The highest BCUT2D eigenvalue weighted by Gasteiger charge is 2.35. The normalized spacial score (nSPS) is 31.7. The summed E-state index contributed by atoms with van der Waals surface area (Å²) >= 11 is 0. The zero-order chi connectivity index (χ0) is 12.6. The molecule has 0 radical (unpaired) electrons. The molecular formula is C15H25N3. The Labute approximate surface area is 110 Å². The summed E-state index contributed by atoms with van der Waals surface area (Å²) in [4.78, 5) is 4.44. The van der Waals surface area contributed by atoms with E-state index in [1.54, 1.807) is 0 Å². The van der Waals surface area contributed by atoms with Crippen molar-refractivity contribution in [2.75, 3.05) is 13.1 Å². The van der Waals surface area contributed by atoms with Crippen molar-refractivity contribution in [1.29, 1.82) is 0 Å². The van der Waals surface area contributed by atoms with E-state index in [-0.39, 0.29) is 0 Å². The molecule has 0 amide bonds. The number of hydrogen-bond donors (Lipinski definition) is 1. The molecule has 1 saturated heterocycles. The van der Waals surface area contributed by atoms with E-state index >= 15 is 0 Å². The van der Waals surface area contributed by atoms with Gasteiger partial charge in [0.15, 0.2) is 0 Å². The summed E-state index contributed by atoms with van der Waals surface area (Å²) in [5, 5.41) is 3.47. The van der Waals surface area contributed by atoms with Crippen LogP contribution in [-0.2, 0) is 0 Å². The number of nitrogens with zero attached hydrogens (tertiary/aromatic N) is 2. The van der Waals surface area contributed by atoms with E-state index in [0.29, 0.717) is 17.4 Å². The molecule has 1 saturated carbocycles. The smallest absolute Gasteiger partial charge is 0.0951 e. The van der Waals surface area contributed by atoms with Crippen LogP contribution in [0.3, 0.4) is 0 Å². The second-order valence-corrected chi connectivity index (χ2v) is 6.67. The standard InChI is InChI=1S/C15H25N3/c1-15(2)7-4-3-5-14(15)18-11-17-10-13(18)12-6-8-16-9-12/h10-12,14,16H,3-9H2,1-2H3. The van der Waals surface area contributed by atoms with Crippen LogP contribution in [0.5, 0.6) is 0 Å². The van der Waals surface area contributed by atoms with Gasteiger partial charge in [-0.15, -0.1) is 0 Å². The second kappa shape index (κ2) is 4.69. The van der Waals surface area contributed by atoms with Gasteiger partial charge in [-0.3, -0.25) is 0 Å². The lowest BCUT2D eigenvalue weighted by Gasteiger charge is -2.40. The lowest BCUT2D eigenvalue weighted by molar-refractivity contribution is 0.140. The summed E-state index contributed by atoms with van der Waals surface area (Å²) in [5.74, 6) is 0.672. The molecule has 1 aliphatic carbocycles. The molecule has 1 N–H and O–H groups in total. The Morgan fingerprint density at radius 2 is 2.22 bits per heavy atom. The molecule has 2 unspecified atom stereocenters. The molecule has 3 heteroatoms. The first-order valence-electron chi connectivity index (χ1n) is 7.41. The predicted molar refractivity (Wildman–Crippen MR) is 73.7 cm³/mol. The summed E-state index contributed by atoms with van der Waals surface area (Å²) in [6, 6.07) is 0.643. The molecule has 2 atom stereocenters. The Hall–Kier alpha value is -0.830. The van der Waals surface area contributed by atoms with E-state index in [2.05, 4.69) is 41.2 Å². The van der Waals surface area contributed by atoms with Crippen molar-refractivity contribution in [3.05, 3.63) is 18.2 Å². The van der Waals surface area contributed by atoms with Gasteiger partial charge in [-0.05, 0) is 31.2 Å². The summed E-state index contributed by atoms with van der Waals surface area (Å²) in [7, 11) is 0. The van der Waals surface area contributed by atoms with Gasteiger partial charge in [0.2, 0.25) is 0 Å². The maximum absolute atomic E-state index is 4.44. The minimum absolute atomic E-state index is 0.416. The molecule has 1 aromatic heterocycles. The number of aromatic nitrogens is 2. The van der Waals surface area contributed by atoms with Crippen LogP contribution in [-0.4, -0.2) is 22.6 Å². The molecule has 100 valence electrons. The molecular weight excluding hydrogens is 222 g/mol. The van der Waals surface area contributed by atoms with E-state index < -0.39 is 0 Å². The Kier molecular flexibility index (Phi) is 3.18. The van der Waals surface area contributed by atoms with Crippen LogP contribution in [0, 0.1) is 5.41 Å². The van der Waals surface area contributed by atoms with E-state index in [4.69, 9.17) is 0 Å². The third-order valence-corrected chi connectivity index (χ3v) is 4.96. The summed E-state index contributed by atoms with van der Waals surface area (Å²) in [5.41, 5.74) is 1.87. The molecule has 2 heterocycles. The lowest BCUT2D eigenvalue weighted by Crippen LogP contribution is -2.31. The van der Waals surface area contributed by atoms with Gasteiger partial charge in [-0.1, -0.05) is 26.7 Å². The van der Waals surface area contributed by atoms with Crippen molar-refractivity contribution < 1.29 is 0 Å². The van der Waals surface area contributed by atoms with Crippen molar-refractivity contribution in [2.24, 2.45) is 5.41 Å². The third-order valence-electron chi connectivity index (χ3n) is 4.96. The van der Waals surface area contributed by atoms with Crippen LogP contribution < -0.4 is 5.32 Å². The van der Waals surface area contributed by atoms with E-state index in [1.807, 2.05) is 0 Å². The minimum Gasteiger partial charge on any atom is -0.331 e. The minimum atomic E-state index is 0.416. The first-order chi connectivity index (χ1) is 8.68. The van der Waals surface area contributed by atoms with Crippen molar-refractivity contribution in [1.82, 2.24) is 14.9 Å². The van der Waals surface area contributed by atoms with Crippen molar-refractivity contribution >= 4 is 0 Å². The van der Waals surface area contributed by atoms with Crippen molar-refractivity contribution in [2.45, 2.75) is 57.9 Å². The Morgan fingerprint density at radius 3 is 2.94 bits per heavy atom. The summed E-state index contributed by atoms with van der Waals surface area (Å²) < 4.78 is 2.50. The van der Waals surface area contributed by atoms with Crippen molar-refractivity contribution in [3.8, 4) is 0 Å². The Bertz CT molecular complexity index is 402. The average Bonchev–Trinajstić information content (AvgIpc) is 2.98. The summed E-state index contributed by atoms with van der Waals surface area (Å²) in [6.45, 7) is 7.13. The van der Waals surface area contributed by atoms with Crippen LogP contribution in [0.4, 0.5) is 0 Å². The number of imidazole rings is 1. The van der Waals surface area contributed by atoms with Crippen LogP contribution in [0.1, 0.15) is 63.6 Å². The van der Waals surface area contributed by atoms with Gasteiger partial charge in [-0.25, -0.2) is 4.98 Å². The lowest BCUT2D eigenvalue weighted by atomic mass is 9.73. The molecule has 18 heavy (non-hydrogen) atoms. The number of nitrogens with one attached hydrogen (secondary N) is 1. The van der Waals surface area contributed by atoms with Gasteiger partial charge in [0.25, 0.3) is 0 Å². The van der Waals surface area contributed by atoms with E-state index in [0.717, 1.165) is 13.1 Å². The predicted octanol–water partition coefficient (Wildman–Crippen LogP) is 3.10. The fraction of sp³-hybridized carbons (Fsp3) is 0.800. The Morgan fingerprint density at radius 1 is 1.33 bits per heavy atom. The molecule has 0 aromatic carbocycles. The monoisotopic (exact) mass is 247 g/mol. The van der Waals surface area contributed by atoms with Gasteiger partial charge in [0, 0.05) is 30.4 Å². The van der Waals surface area contributed by atoms with Crippen LogP contribution in [0.2, 0.25) is 0 Å². The quantitative estimate of drug-likeness (QED) is 0.870. The molecule has 2 aliphatic rings. The first-order valence-corrected chi connectivity index (χ1v) is 7.41. The zero-order valence-electron chi connectivity index (χ0n) is 11.7. The van der Waals surface area contributed by atoms with Gasteiger partial charge < -0.3 is 9.88 Å². The molecule has 0 bridgehead atoms. The molecule has 1 aromatic rings. The number of rotatable bonds is 2. The highest BCUT2D eigenvalue weighted by atomic mass is 15.1. The molecule has 1 aliphatic heterocycles. The number of hydrogen-bond acceptors (Lipinski definition) is 2. The maximum Gasteiger partial charge on any atom is 0.0951 e. The highest BCUT2D eigenvalue weighted by molar-refractivity contribution is 5.12. The van der Waals surface area contributed by atoms with Gasteiger partial charge in [-0.2, -0.15) is 0 Å². The van der Waals surface area contributed by atoms with E-state index in [9.17, 15) is 0 Å². The van der Waals surface area contributed by atoms with Crippen LogP contribution in [0.25, 0.3) is 0 Å². The van der Waals surface area contributed by atoms with Crippen LogP contribution >= 0.6 is 0 Å². The average molecular weight is 247 g/mol.